The van der Waals surface area contributed by atoms with Crippen LogP contribution in [0.1, 0.15) is 0 Å². The Bertz CT molecular complexity index is 148. The van der Waals surface area contributed by atoms with Gasteiger partial charge in [0.25, 0.3) is 0 Å². The van der Waals surface area contributed by atoms with Gasteiger partial charge in [-0.3, -0.25) is 9.98 Å². The zero-order chi connectivity index (χ0) is 9.19. The third-order valence-electron chi connectivity index (χ3n) is 1.61. The number of nitrogens with one attached hydrogen (secondary N) is 3. The van der Waals surface area contributed by atoms with Gasteiger partial charge in [0.05, 0.1) is 25.8 Å². The van der Waals surface area contributed by atoms with Crippen molar-refractivity contribution in [2.75, 3.05) is 39.3 Å². The molecule has 1 heterocycles. The summed E-state index contributed by atoms with van der Waals surface area (Å²) in [5.41, 5.74) is 0. The monoisotopic (exact) mass is 183 g/mol. The normalized spacial score (nSPS) is 20.3. The van der Waals surface area contributed by atoms with Crippen LogP contribution in [0.15, 0.2) is 9.98 Å². The van der Waals surface area contributed by atoms with E-state index in [1.54, 1.807) is 12.7 Å². The van der Waals surface area contributed by atoms with Gasteiger partial charge in [-0.15, -0.1) is 0 Å². The Balaban J connectivity index is 2.18. The van der Waals surface area contributed by atoms with Gasteiger partial charge in [-0.05, 0) is 0 Å². The molecule has 5 heteroatoms. The molecule has 1 rings (SSSR count). The molecule has 1 aliphatic rings. The van der Waals surface area contributed by atoms with Crippen molar-refractivity contribution in [1.29, 1.82) is 0 Å². The number of hydrogen-bond donors (Lipinski definition) is 3. The van der Waals surface area contributed by atoms with Crippen molar-refractivity contribution in [2.24, 2.45) is 9.98 Å². The maximum atomic E-state index is 4.16. The van der Waals surface area contributed by atoms with Crippen LogP contribution in [0.25, 0.3) is 0 Å². The minimum absolute atomic E-state index is 0.784. The molecular weight excluding hydrogens is 166 g/mol. The molecule has 0 spiro atoms. The van der Waals surface area contributed by atoms with Gasteiger partial charge in [0.2, 0.25) is 0 Å². The lowest BCUT2D eigenvalue weighted by atomic mass is 10.5. The first-order chi connectivity index (χ1) is 6.50. The zero-order valence-electron chi connectivity index (χ0n) is 7.79. The average Bonchev–Trinajstić information content (AvgIpc) is 2.18. The Morgan fingerprint density at radius 1 is 0.769 bits per heavy atom. The Hall–Kier alpha value is -1.10. The number of nitrogens with zero attached hydrogens (tertiary/aromatic N) is 2. The van der Waals surface area contributed by atoms with E-state index in [1.165, 1.54) is 0 Å². The second kappa shape index (κ2) is 7.54. The molecule has 0 saturated heterocycles. The van der Waals surface area contributed by atoms with Crippen LogP contribution in [0.4, 0.5) is 0 Å². The van der Waals surface area contributed by atoms with Gasteiger partial charge in [0, 0.05) is 26.2 Å². The Labute approximate surface area is 78.7 Å². The summed E-state index contributed by atoms with van der Waals surface area (Å²) in [4.78, 5) is 8.31. The number of aliphatic imine (C=N–C) groups is 2. The molecule has 74 valence electrons. The van der Waals surface area contributed by atoms with E-state index in [-0.39, 0.29) is 0 Å². The lowest BCUT2D eigenvalue weighted by Crippen LogP contribution is -2.28. The minimum atomic E-state index is 0.784. The fourth-order valence-electron chi connectivity index (χ4n) is 0.946. The largest absolute Gasteiger partial charge is 0.375 e. The molecule has 0 amide bonds. The van der Waals surface area contributed by atoms with Gasteiger partial charge in [-0.25, -0.2) is 0 Å². The maximum absolute atomic E-state index is 4.16. The molecule has 0 unspecified atom stereocenters. The van der Waals surface area contributed by atoms with E-state index in [0.29, 0.717) is 0 Å². The van der Waals surface area contributed by atoms with E-state index in [0.717, 1.165) is 39.3 Å². The van der Waals surface area contributed by atoms with E-state index in [1.807, 2.05) is 0 Å². The molecule has 0 atom stereocenters. The van der Waals surface area contributed by atoms with Crippen LogP contribution >= 0.6 is 0 Å². The molecule has 5 nitrogen and oxygen atoms in total. The van der Waals surface area contributed by atoms with Gasteiger partial charge >= 0.3 is 0 Å². The van der Waals surface area contributed by atoms with Crippen LogP contribution < -0.4 is 16.0 Å². The molecule has 1 aliphatic heterocycles. The van der Waals surface area contributed by atoms with Crippen LogP contribution in [0, 0.1) is 0 Å². The first-order valence-corrected chi connectivity index (χ1v) is 4.64. The standard InChI is InChI=1S/C8H17N5/c1-3-10-7-12-5-6-13-8-11-4-2-9-1/h7-9H,1-6H2,(H,10,12)(H,11,13). The van der Waals surface area contributed by atoms with Gasteiger partial charge < -0.3 is 16.0 Å². The fourth-order valence-corrected chi connectivity index (χ4v) is 0.946. The van der Waals surface area contributed by atoms with Crippen LogP contribution in [-0.4, -0.2) is 51.9 Å². The molecule has 0 aromatic carbocycles. The highest BCUT2D eigenvalue weighted by molar-refractivity contribution is 5.55. The lowest BCUT2D eigenvalue weighted by Gasteiger charge is -2.01. The SMILES string of the molecule is C1=NCCNC=NCCNCCN1. The predicted octanol–water partition coefficient (Wildman–Crippen LogP) is -1.17. The summed E-state index contributed by atoms with van der Waals surface area (Å²) in [5, 5.41) is 9.42. The lowest BCUT2D eigenvalue weighted by molar-refractivity contribution is 0.678. The van der Waals surface area contributed by atoms with E-state index in [2.05, 4.69) is 25.9 Å². The zero-order valence-corrected chi connectivity index (χ0v) is 7.79. The summed E-state index contributed by atoms with van der Waals surface area (Å²) in [6, 6.07) is 0. The highest BCUT2D eigenvalue weighted by atomic mass is 15.0. The molecule has 3 N–H and O–H groups in total. The van der Waals surface area contributed by atoms with E-state index in [4.69, 9.17) is 0 Å². The third-order valence-corrected chi connectivity index (χ3v) is 1.61. The van der Waals surface area contributed by atoms with Crippen molar-refractivity contribution in [1.82, 2.24) is 16.0 Å². The fraction of sp³-hybridized carbons (Fsp3) is 0.750. The van der Waals surface area contributed by atoms with Crippen LogP contribution in [-0.2, 0) is 0 Å². The quantitative estimate of drug-likeness (QED) is 0.443. The molecule has 0 radical (unpaired) electrons. The summed E-state index contributed by atoms with van der Waals surface area (Å²) >= 11 is 0. The summed E-state index contributed by atoms with van der Waals surface area (Å²) < 4.78 is 0. The van der Waals surface area contributed by atoms with Crippen molar-refractivity contribution in [2.45, 2.75) is 0 Å². The van der Waals surface area contributed by atoms with Crippen LogP contribution in [0.5, 0.6) is 0 Å². The Morgan fingerprint density at radius 2 is 1.46 bits per heavy atom. The Kier molecular flexibility index (Phi) is 5.79. The summed E-state index contributed by atoms with van der Waals surface area (Å²) in [6.07, 6.45) is 3.51. The van der Waals surface area contributed by atoms with Crippen LogP contribution in [0.3, 0.4) is 0 Å². The molecule has 0 fully saturated rings. The van der Waals surface area contributed by atoms with Crippen LogP contribution in [0.2, 0.25) is 0 Å². The van der Waals surface area contributed by atoms with Crippen molar-refractivity contribution in [3.05, 3.63) is 0 Å². The molecule has 0 aromatic rings. The average molecular weight is 183 g/mol. The second-order valence-corrected chi connectivity index (χ2v) is 2.73. The highest BCUT2D eigenvalue weighted by Gasteiger charge is 1.86. The minimum Gasteiger partial charge on any atom is -0.375 e. The molecule has 0 aromatic heterocycles. The topological polar surface area (TPSA) is 60.8 Å². The molecule has 0 aliphatic carbocycles. The van der Waals surface area contributed by atoms with E-state index >= 15 is 0 Å². The summed E-state index contributed by atoms with van der Waals surface area (Å²) in [5.74, 6) is 0. The van der Waals surface area contributed by atoms with Crippen molar-refractivity contribution in [3.63, 3.8) is 0 Å². The van der Waals surface area contributed by atoms with Gasteiger partial charge in [0.15, 0.2) is 0 Å². The molecular formula is C8H17N5. The Morgan fingerprint density at radius 3 is 2.31 bits per heavy atom. The van der Waals surface area contributed by atoms with Crippen molar-refractivity contribution >= 4 is 12.7 Å². The molecule has 0 saturated carbocycles. The number of hydrogen-bond acceptors (Lipinski definition) is 5. The first-order valence-electron chi connectivity index (χ1n) is 4.64. The first kappa shape index (κ1) is 9.98. The third kappa shape index (κ3) is 6.10. The van der Waals surface area contributed by atoms with Gasteiger partial charge in [-0.1, -0.05) is 0 Å². The second-order valence-electron chi connectivity index (χ2n) is 2.73. The van der Waals surface area contributed by atoms with Gasteiger partial charge in [-0.2, -0.15) is 0 Å². The highest BCUT2D eigenvalue weighted by Crippen LogP contribution is 1.68. The van der Waals surface area contributed by atoms with Crippen molar-refractivity contribution in [3.8, 4) is 0 Å². The predicted molar refractivity (Wildman–Crippen MR) is 55.6 cm³/mol. The number of rotatable bonds is 0. The molecule has 13 heavy (non-hydrogen) atoms. The summed E-state index contributed by atoms with van der Waals surface area (Å²) in [7, 11) is 0. The maximum Gasteiger partial charge on any atom is 0.0825 e. The molecule has 0 bridgehead atoms. The van der Waals surface area contributed by atoms with Crippen molar-refractivity contribution < 1.29 is 0 Å². The van der Waals surface area contributed by atoms with Gasteiger partial charge in [0.1, 0.15) is 0 Å². The van der Waals surface area contributed by atoms with E-state index < -0.39 is 0 Å². The summed E-state index contributed by atoms with van der Waals surface area (Å²) in [6.45, 7) is 5.25. The van der Waals surface area contributed by atoms with E-state index in [9.17, 15) is 0 Å². The smallest absolute Gasteiger partial charge is 0.0825 e.